The highest BCUT2D eigenvalue weighted by molar-refractivity contribution is 9.10. The predicted molar refractivity (Wildman–Crippen MR) is 65.7 cm³/mol. The van der Waals surface area contributed by atoms with Crippen molar-refractivity contribution in [3.8, 4) is 0 Å². The molecule has 2 heterocycles. The zero-order valence-corrected chi connectivity index (χ0v) is 10.6. The van der Waals surface area contributed by atoms with Gasteiger partial charge in [-0.25, -0.2) is 4.52 Å². The minimum absolute atomic E-state index is 0.617. The van der Waals surface area contributed by atoms with Crippen LogP contribution in [0.15, 0.2) is 22.8 Å². The Balaban J connectivity index is 2.05. The van der Waals surface area contributed by atoms with E-state index in [2.05, 4.69) is 31.3 Å². The molecular formula is C10H13BrN4O. The van der Waals surface area contributed by atoms with Crippen molar-refractivity contribution in [3.63, 3.8) is 0 Å². The van der Waals surface area contributed by atoms with Crippen LogP contribution in [0.25, 0.3) is 5.65 Å². The fraction of sp³-hybridized carbons (Fsp3) is 0.400. The molecule has 5 nitrogen and oxygen atoms in total. The summed E-state index contributed by atoms with van der Waals surface area (Å²) < 4.78 is 7.88. The van der Waals surface area contributed by atoms with E-state index in [9.17, 15) is 0 Å². The van der Waals surface area contributed by atoms with Gasteiger partial charge in [0.15, 0.2) is 5.65 Å². The summed E-state index contributed by atoms with van der Waals surface area (Å²) in [4.78, 5) is 4.35. The SMILES string of the molecule is CCOCCNc1nc2c(Br)cccn2n1. The highest BCUT2D eigenvalue weighted by atomic mass is 79.9. The maximum absolute atomic E-state index is 5.22. The van der Waals surface area contributed by atoms with Gasteiger partial charge >= 0.3 is 0 Å². The second-order valence-corrected chi connectivity index (χ2v) is 4.04. The molecule has 0 radical (unpaired) electrons. The smallest absolute Gasteiger partial charge is 0.243 e. The first-order valence-electron chi connectivity index (χ1n) is 5.13. The van der Waals surface area contributed by atoms with Crippen LogP contribution in [0.1, 0.15) is 6.92 Å². The monoisotopic (exact) mass is 284 g/mol. The van der Waals surface area contributed by atoms with E-state index < -0.39 is 0 Å². The fourth-order valence-electron chi connectivity index (χ4n) is 1.33. The molecule has 0 amide bonds. The largest absolute Gasteiger partial charge is 0.380 e. The Hall–Kier alpha value is -1.14. The Morgan fingerprint density at radius 1 is 1.56 bits per heavy atom. The summed E-state index contributed by atoms with van der Waals surface area (Å²) in [5.74, 6) is 0.617. The molecule has 0 atom stereocenters. The second kappa shape index (κ2) is 5.27. The molecule has 1 N–H and O–H groups in total. The van der Waals surface area contributed by atoms with Gasteiger partial charge in [0, 0.05) is 19.3 Å². The van der Waals surface area contributed by atoms with Gasteiger partial charge in [-0.05, 0) is 35.0 Å². The molecule has 0 aromatic carbocycles. The molecule has 2 rings (SSSR count). The lowest BCUT2D eigenvalue weighted by atomic mass is 10.5. The lowest BCUT2D eigenvalue weighted by Crippen LogP contribution is -2.10. The minimum Gasteiger partial charge on any atom is -0.380 e. The van der Waals surface area contributed by atoms with Crippen molar-refractivity contribution in [1.29, 1.82) is 0 Å². The molecule has 0 aliphatic rings. The molecule has 16 heavy (non-hydrogen) atoms. The first-order chi connectivity index (χ1) is 7.81. The maximum Gasteiger partial charge on any atom is 0.243 e. The number of halogens is 1. The molecule has 86 valence electrons. The van der Waals surface area contributed by atoms with E-state index >= 15 is 0 Å². The van der Waals surface area contributed by atoms with Crippen molar-refractivity contribution in [3.05, 3.63) is 22.8 Å². The van der Waals surface area contributed by atoms with Crippen LogP contribution in [0.3, 0.4) is 0 Å². The predicted octanol–water partition coefficient (Wildman–Crippen LogP) is 1.94. The number of hydrogen-bond donors (Lipinski definition) is 1. The lowest BCUT2D eigenvalue weighted by Gasteiger charge is -2.00. The Kier molecular flexibility index (Phi) is 3.74. The van der Waals surface area contributed by atoms with Gasteiger partial charge in [0.05, 0.1) is 11.1 Å². The quantitative estimate of drug-likeness (QED) is 0.853. The molecule has 2 aromatic heterocycles. The van der Waals surface area contributed by atoms with Gasteiger partial charge in [0.25, 0.3) is 0 Å². The number of nitrogens with one attached hydrogen (secondary N) is 1. The zero-order valence-electron chi connectivity index (χ0n) is 8.98. The number of rotatable bonds is 5. The Morgan fingerprint density at radius 2 is 2.44 bits per heavy atom. The van der Waals surface area contributed by atoms with Gasteiger partial charge in [-0.15, -0.1) is 5.10 Å². The molecule has 0 aliphatic heterocycles. The van der Waals surface area contributed by atoms with Crippen LogP contribution in [0.4, 0.5) is 5.95 Å². The molecule has 0 aliphatic carbocycles. The van der Waals surface area contributed by atoms with Crippen molar-refractivity contribution < 1.29 is 4.74 Å². The summed E-state index contributed by atoms with van der Waals surface area (Å²) in [5.41, 5.74) is 0.807. The van der Waals surface area contributed by atoms with Gasteiger partial charge in [-0.2, -0.15) is 4.98 Å². The van der Waals surface area contributed by atoms with Crippen LogP contribution in [0.2, 0.25) is 0 Å². The summed E-state index contributed by atoms with van der Waals surface area (Å²) in [6, 6.07) is 3.85. The number of nitrogens with zero attached hydrogens (tertiary/aromatic N) is 3. The highest BCUT2D eigenvalue weighted by Crippen LogP contribution is 2.16. The van der Waals surface area contributed by atoms with Gasteiger partial charge in [0.2, 0.25) is 5.95 Å². The van der Waals surface area contributed by atoms with Crippen molar-refractivity contribution in [2.24, 2.45) is 0 Å². The summed E-state index contributed by atoms with van der Waals surface area (Å²) in [7, 11) is 0. The number of aromatic nitrogens is 3. The third kappa shape index (κ3) is 2.51. The molecule has 6 heteroatoms. The fourth-order valence-corrected chi connectivity index (χ4v) is 1.75. The highest BCUT2D eigenvalue weighted by Gasteiger charge is 2.04. The third-order valence-electron chi connectivity index (χ3n) is 2.05. The molecule has 0 saturated carbocycles. The molecular weight excluding hydrogens is 272 g/mol. The van der Waals surface area contributed by atoms with E-state index in [1.807, 2.05) is 25.3 Å². The summed E-state index contributed by atoms with van der Waals surface area (Å²) in [6.07, 6.45) is 1.86. The van der Waals surface area contributed by atoms with Crippen LogP contribution < -0.4 is 5.32 Å². The summed E-state index contributed by atoms with van der Waals surface area (Å²) in [5, 5.41) is 7.39. The summed E-state index contributed by atoms with van der Waals surface area (Å²) in [6.45, 7) is 4.07. The van der Waals surface area contributed by atoms with Gasteiger partial charge in [0.1, 0.15) is 0 Å². The first-order valence-corrected chi connectivity index (χ1v) is 5.93. The molecule has 0 bridgehead atoms. The van der Waals surface area contributed by atoms with Crippen molar-refractivity contribution in [2.75, 3.05) is 25.1 Å². The molecule has 0 saturated heterocycles. The van der Waals surface area contributed by atoms with E-state index in [1.165, 1.54) is 0 Å². The van der Waals surface area contributed by atoms with E-state index in [4.69, 9.17) is 4.74 Å². The van der Waals surface area contributed by atoms with Crippen molar-refractivity contribution in [2.45, 2.75) is 6.92 Å². The first kappa shape index (κ1) is 11.3. The minimum atomic E-state index is 0.617. The van der Waals surface area contributed by atoms with Gasteiger partial charge in [-0.3, -0.25) is 0 Å². The third-order valence-corrected chi connectivity index (χ3v) is 2.67. The van der Waals surface area contributed by atoms with E-state index in [0.29, 0.717) is 19.1 Å². The zero-order chi connectivity index (χ0) is 11.4. The van der Waals surface area contributed by atoms with E-state index in [-0.39, 0.29) is 0 Å². The number of pyridine rings is 1. The van der Waals surface area contributed by atoms with Crippen LogP contribution >= 0.6 is 15.9 Å². The van der Waals surface area contributed by atoms with Crippen LogP contribution in [-0.2, 0) is 4.74 Å². The average Bonchev–Trinajstić information content (AvgIpc) is 2.69. The number of hydrogen-bond acceptors (Lipinski definition) is 4. The molecule has 0 spiro atoms. The molecule has 0 fully saturated rings. The normalized spacial score (nSPS) is 10.9. The Bertz CT molecular complexity index is 471. The lowest BCUT2D eigenvalue weighted by molar-refractivity contribution is 0.158. The van der Waals surface area contributed by atoms with Crippen LogP contribution in [-0.4, -0.2) is 34.4 Å². The number of fused-ring (bicyclic) bond motifs is 1. The maximum atomic E-state index is 5.22. The Labute approximate surface area is 102 Å². The van der Waals surface area contributed by atoms with Gasteiger partial charge in [-0.1, -0.05) is 0 Å². The molecule has 2 aromatic rings. The van der Waals surface area contributed by atoms with Crippen molar-refractivity contribution in [1.82, 2.24) is 14.6 Å². The topological polar surface area (TPSA) is 51.5 Å². The Morgan fingerprint density at radius 3 is 3.19 bits per heavy atom. The van der Waals surface area contributed by atoms with Crippen LogP contribution in [0.5, 0.6) is 0 Å². The van der Waals surface area contributed by atoms with Crippen molar-refractivity contribution >= 4 is 27.5 Å². The number of anilines is 1. The van der Waals surface area contributed by atoms with E-state index in [0.717, 1.165) is 16.7 Å². The average molecular weight is 285 g/mol. The van der Waals surface area contributed by atoms with E-state index in [1.54, 1.807) is 4.52 Å². The molecule has 0 unspecified atom stereocenters. The standard InChI is InChI=1S/C10H13BrN4O/c1-2-16-7-5-12-10-13-9-8(11)4-3-6-15(9)14-10/h3-4,6H,2,5,7H2,1H3,(H,12,14). The second-order valence-electron chi connectivity index (χ2n) is 3.18. The van der Waals surface area contributed by atoms with Gasteiger partial charge < -0.3 is 10.1 Å². The van der Waals surface area contributed by atoms with Crippen LogP contribution in [0, 0.1) is 0 Å². The number of ether oxygens (including phenoxy) is 1. The summed E-state index contributed by atoms with van der Waals surface area (Å²) >= 11 is 3.43.